The fourth-order valence-corrected chi connectivity index (χ4v) is 4.23. The summed E-state index contributed by atoms with van der Waals surface area (Å²) in [5, 5.41) is 2.85. The van der Waals surface area contributed by atoms with E-state index < -0.39 is 0 Å². The SMILES string of the molecule is Cc1cc2c(nc1N1CCC(OCC3CCCC3)CC1)CNC2=O. The number of fused-ring (bicyclic) bond motifs is 1. The van der Waals surface area contributed by atoms with Crippen LogP contribution in [0.25, 0.3) is 0 Å². The molecular formula is C19H27N3O2. The Morgan fingerprint density at radius 1 is 1.25 bits per heavy atom. The van der Waals surface area contributed by atoms with Gasteiger partial charge < -0.3 is 15.0 Å². The van der Waals surface area contributed by atoms with Gasteiger partial charge in [0.15, 0.2) is 0 Å². The molecule has 1 aliphatic carbocycles. The van der Waals surface area contributed by atoms with Crippen LogP contribution >= 0.6 is 0 Å². The van der Waals surface area contributed by atoms with Crippen LogP contribution in [0.3, 0.4) is 0 Å². The highest BCUT2D eigenvalue weighted by Gasteiger charge is 2.27. The number of carbonyl (C=O) groups is 1. The molecule has 3 heterocycles. The van der Waals surface area contributed by atoms with Gasteiger partial charge in [0.1, 0.15) is 5.82 Å². The highest BCUT2D eigenvalue weighted by Crippen LogP contribution is 2.28. The highest BCUT2D eigenvalue weighted by atomic mass is 16.5. The summed E-state index contributed by atoms with van der Waals surface area (Å²) in [6.07, 6.45) is 8.01. The molecule has 130 valence electrons. The van der Waals surface area contributed by atoms with Gasteiger partial charge in [-0.25, -0.2) is 4.98 Å². The Balaban J connectivity index is 1.35. The van der Waals surface area contributed by atoms with Gasteiger partial charge in [0.05, 0.1) is 23.9 Å². The lowest BCUT2D eigenvalue weighted by Gasteiger charge is -2.34. The molecule has 0 atom stereocenters. The van der Waals surface area contributed by atoms with Gasteiger partial charge in [-0.3, -0.25) is 4.79 Å². The molecule has 5 nitrogen and oxygen atoms in total. The van der Waals surface area contributed by atoms with E-state index in [-0.39, 0.29) is 5.91 Å². The van der Waals surface area contributed by atoms with Gasteiger partial charge in [0.2, 0.25) is 0 Å². The third-order valence-corrected chi connectivity index (χ3v) is 5.71. The average Bonchev–Trinajstić information content (AvgIpc) is 3.24. The number of piperidine rings is 1. The predicted molar refractivity (Wildman–Crippen MR) is 93.3 cm³/mol. The first-order valence-electron chi connectivity index (χ1n) is 9.36. The second kappa shape index (κ2) is 6.71. The maximum Gasteiger partial charge on any atom is 0.253 e. The number of carbonyl (C=O) groups excluding carboxylic acids is 1. The average molecular weight is 329 g/mol. The van der Waals surface area contributed by atoms with Crippen molar-refractivity contribution in [2.75, 3.05) is 24.6 Å². The molecule has 3 aliphatic rings. The number of nitrogens with one attached hydrogen (secondary N) is 1. The summed E-state index contributed by atoms with van der Waals surface area (Å²) in [7, 11) is 0. The summed E-state index contributed by atoms with van der Waals surface area (Å²) in [6, 6.07) is 1.99. The number of pyridine rings is 1. The lowest BCUT2D eigenvalue weighted by Crippen LogP contribution is -2.38. The van der Waals surface area contributed by atoms with Crippen LogP contribution < -0.4 is 10.2 Å². The third-order valence-electron chi connectivity index (χ3n) is 5.71. The quantitative estimate of drug-likeness (QED) is 0.923. The molecule has 1 amide bonds. The first-order valence-corrected chi connectivity index (χ1v) is 9.36. The van der Waals surface area contributed by atoms with E-state index in [4.69, 9.17) is 9.72 Å². The Morgan fingerprint density at radius 3 is 2.75 bits per heavy atom. The van der Waals surface area contributed by atoms with Crippen LogP contribution in [0.5, 0.6) is 0 Å². The van der Waals surface area contributed by atoms with Crippen molar-refractivity contribution in [3.63, 3.8) is 0 Å². The van der Waals surface area contributed by atoms with Gasteiger partial charge in [0, 0.05) is 19.7 Å². The van der Waals surface area contributed by atoms with Gasteiger partial charge in [-0.05, 0) is 50.2 Å². The van der Waals surface area contributed by atoms with E-state index in [1.54, 1.807) is 0 Å². The number of amides is 1. The van der Waals surface area contributed by atoms with Gasteiger partial charge in [-0.2, -0.15) is 0 Å². The molecule has 1 saturated carbocycles. The van der Waals surface area contributed by atoms with Crippen LogP contribution in [0.4, 0.5) is 5.82 Å². The van der Waals surface area contributed by atoms with E-state index in [1.165, 1.54) is 25.7 Å². The van der Waals surface area contributed by atoms with E-state index in [0.29, 0.717) is 12.6 Å². The molecule has 4 rings (SSSR count). The zero-order chi connectivity index (χ0) is 16.5. The number of aromatic nitrogens is 1. The van der Waals surface area contributed by atoms with Crippen molar-refractivity contribution in [2.24, 2.45) is 5.92 Å². The molecule has 5 heteroatoms. The Labute approximate surface area is 143 Å². The van der Waals surface area contributed by atoms with Gasteiger partial charge in [-0.1, -0.05) is 12.8 Å². The number of aryl methyl sites for hydroxylation is 1. The van der Waals surface area contributed by atoms with Crippen LogP contribution in [-0.4, -0.2) is 36.7 Å². The van der Waals surface area contributed by atoms with Crippen LogP contribution in [0.1, 0.15) is 60.1 Å². The molecular weight excluding hydrogens is 302 g/mol. The van der Waals surface area contributed by atoms with E-state index in [0.717, 1.165) is 61.1 Å². The number of nitrogens with zero attached hydrogens (tertiary/aromatic N) is 2. The van der Waals surface area contributed by atoms with Gasteiger partial charge in [-0.15, -0.1) is 0 Å². The van der Waals surface area contributed by atoms with Gasteiger partial charge >= 0.3 is 0 Å². The Morgan fingerprint density at radius 2 is 2.00 bits per heavy atom. The second-order valence-corrected chi connectivity index (χ2v) is 7.48. The molecule has 24 heavy (non-hydrogen) atoms. The summed E-state index contributed by atoms with van der Waals surface area (Å²) >= 11 is 0. The molecule has 0 aromatic carbocycles. The first kappa shape index (κ1) is 15.9. The van der Waals surface area contributed by atoms with Crippen molar-refractivity contribution in [2.45, 2.75) is 58.1 Å². The minimum Gasteiger partial charge on any atom is -0.378 e. The van der Waals surface area contributed by atoms with Crippen molar-refractivity contribution >= 4 is 11.7 Å². The predicted octanol–water partition coefficient (Wildman–Crippen LogP) is 2.81. The number of hydrogen-bond donors (Lipinski definition) is 1. The molecule has 1 aromatic heterocycles. The smallest absolute Gasteiger partial charge is 0.253 e. The minimum atomic E-state index is 0.00571. The third kappa shape index (κ3) is 3.14. The lowest BCUT2D eigenvalue weighted by molar-refractivity contribution is 0.0164. The highest BCUT2D eigenvalue weighted by molar-refractivity contribution is 5.98. The molecule has 0 radical (unpaired) electrons. The molecule has 1 aromatic rings. The Kier molecular flexibility index (Phi) is 4.44. The maximum atomic E-state index is 11.7. The normalized spacial score (nSPS) is 22.0. The Bertz CT molecular complexity index is 617. The molecule has 0 spiro atoms. The number of anilines is 1. The van der Waals surface area contributed by atoms with Crippen molar-refractivity contribution in [1.82, 2.24) is 10.3 Å². The van der Waals surface area contributed by atoms with E-state index >= 15 is 0 Å². The van der Waals surface area contributed by atoms with E-state index in [2.05, 4.69) is 17.1 Å². The van der Waals surface area contributed by atoms with Crippen LogP contribution in [0.2, 0.25) is 0 Å². The molecule has 2 aliphatic heterocycles. The van der Waals surface area contributed by atoms with Crippen LogP contribution in [0, 0.1) is 12.8 Å². The van der Waals surface area contributed by atoms with Crippen molar-refractivity contribution in [1.29, 1.82) is 0 Å². The summed E-state index contributed by atoms with van der Waals surface area (Å²) in [4.78, 5) is 18.9. The summed E-state index contributed by atoms with van der Waals surface area (Å²) < 4.78 is 6.17. The zero-order valence-electron chi connectivity index (χ0n) is 14.5. The standard InChI is InChI=1S/C19H27N3O2/c1-13-10-16-17(11-20-19(16)23)21-18(13)22-8-6-15(7-9-22)24-12-14-4-2-3-5-14/h10,14-15H,2-9,11-12H2,1H3,(H,20,23). The zero-order valence-corrected chi connectivity index (χ0v) is 14.5. The van der Waals surface area contributed by atoms with Crippen LogP contribution in [-0.2, 0) is 11.3 Å². The van der Waals surface area contributed by atoms with Gasteiger partial charge in [0.25, 0.3) is 5.91 Å². The summed E-state index contributed by atoms with van der Waals surface area (Å²) in [5.74, 6) is 1.85. The number of rotatable bonds is 4. The molecule has 0 unspecified atom stereocenters. The minimum absolute atomic E-state index is 0.00571. The Hall–Kier alpha value is -1.62. The van der Waals surface area contributed by atoms with Crippen molar-refractivity contribution in [3.8, 4) is 0 Å². The fraction of sp³-hybridized carbons (Fsp3) is 0.684. The van der Waals surface area contributed by atoms with E-state index in [9.17, 15) is 4.79 Å². The maximum absolute atomic E-state index is 11.7. The van der Waals surface area contributed by atoms with Crippen molar-refractivity contribution < 1.29 is 9.53 Å². The molecule has 1 N–H and O–H groups in total. The fourth-order valence-electron chi connectivity index (χ4n) is 4.23. The second-order valence-electron chi connectivity index (χ2n) is 7.48. The van der Waals surface area contributed by atoms with Crippen LogP contribution in [0.15, 0.2) is 6.07 Å². The summed E-state index contributed by atoms with van der Waals surface area (Å²) in [5.41, 5.74) is 2.72. The molecule has 1 saturated heterocycles. The number of ether oxygens (including phenoxy) is 1. The first-order chi connectivity index (χ1) is 11.7. The van der Waals surface area contributed by atoms with E-state index in [1.807, 2.05) is 6.07 Å². The summed E-state index contributed by atoms with van der Waals surface area (Å²) in [6.45, 7) is 5.54. The molecule has 2 fully saturated rings. The largest absolute Gasteiger partial charge is 0.378 e. The monoisotopic (exact) mass is 329 g/mol. The molecule has 0 bridgehead atoms. The number of hydrogen-bond acceptors (Lipinski definition) is 4. The lowest BCUT2D eigenvalue weighted by atomic mass is 10.1. The topological polar surface area (TPSA) is 54.5 Å². The van der Waals surface area contributed by atoms with Crippen molar-refractivity contribution in [3.05, 3.63) is 22.9 Å².